The Labute approximate surface area is 165 Å². The van der Waals surface area contributed by atoms with Crippen LogP contribution in [0, 0.1) is 5.92 Å². The standard InChI is InChI=1S/C19H27N3O4S/c1-2-24-11-3-8-20-19(27)22-9-6-14(7-10-22)18(23)21-15-4-5-16-17(12-15)26-13-25-16/h4-5,12,14H,2-3,6-11,13H2,1H3,(H,20,27)(H,21,23). The predicted octanol–water partition coefficient (Wildman–Crippen LogP) is 2.37. The number of piperidine rings is 1. The van der Waals surface area contributed by atoms with Gasteiger partial charge < -0.3 is 29.7 Å². The predicted molar refractivity (Wildman–Crippen MR) is 107 cm³/mol. The molecule has 148 valence electrons. The summed E-state index contributed by atoms with van der Waals surface area (Å²) in [6, 6.07) is 5.45. The minimum absolute atomic E-state index is 0.00701. The van der Waals surface area contributed by atoms with Crippen LogP contribution in [0.3, 0.4) is 0 Å². The first kappa shape index (κ1) is 19.7. The van der Waals surface area contributed by atoms with E-state index in [4.69, 9.17) is 26.4 Å². The lowest BCUT2D eigenvalue weighted by Crippen LogP contribution is -2.46. The molecule has 0 saturated carbocycles. The summed E-state index contributed by atoms with van der Waals surface area (Å²) in [5.41, 5.74) is 0.734. The third kappa shape index (κ3) is 5.46. The molecule has 1 saturated heterocycles. The molecule has 2 N–H and O–H groups in total. The Hall–Kier alpha value is -2.06. The largest absolute Gasteiger partial charge is 0.454 e. The van der Waals surface area contributed by atoms with Gasteiger partial charge in [-0.25, -0.2) is 0 Å². The Kier molecular flexibility index (Phi) is 7.11. The highest BCUT2D eigenvalue weighted by Gasteiger charge is 2.26. The number of nitrogens with zero attached hydrogens (tertiary/aromatic N) is 1. The first-order chi connectivity index (χ1) is 13.2. The molecule has 0 atom stereocenters. The number of fused-ring (bicyclic) bond motifs is 1. The quantitative estimate of drug-likeness (QED) is 0.544. The van der Waals surface area contributed by atoms with Crippen molar-refractivity contribution in [3.63, 3.8) is 0 Å². The third-order valence-electron chi connectivity index (χ3n) is 4.74. The smallest absolute Gasteiger partial charge is 0.231 e. The van der Waals surface area contributed by atoms with Crippen LogP contribution in [0.4, 0.5) is 5.69 Å². The summed E-state index contributed by atoms with van der Waals surface area (Å²) in [6.45, 7) is 6.09. The van der Waals surface area contributed by atoms with E-state index in [-0.39, 0.29) is 18.6 Å². The van der Waals surface area contributed by atoms with Crippen molar-refractivity contribution in [2.45, 2.75) is 26.2 Å². The molecule has 1 amide bonds. The fraction of sp³-hybridized carbons (Fsp3) is 0.579. The number of rotatable bonds is 7. The highest BCUT2D eigenvalue weighted by Crippen LogP contribution is 2.34. The minimum Gasteiger partial charge on any atom is -0.454 e. The lowest BCUT2D eigenvalue weighted by atomic mass is 9.96. The molecule has 1 aromatic rings. The van der Waals surface area contributed by atoms with E-state index in [1.807, 2.05) is 19.1 Å². The van der Waals surface area contributed by atoms with E-state index >= 15 is 0 Å². The molecule has 2 aliphatic rings. The maximum atomic E-state index is 12.6. The molecule has 0 spiro atoms. The van der Waals surface area contributed by atoms with E-state index in [0.29, 0.717) is 11.5 Å². The van der Waals surface area contributed by atoms with Crippen molar-refractivity contribution in [3.05, 3.63) is 18.2 Å². The molecule has 0 aliphatic carbocycles. The summed E-state index contributed by atoms with van der Waals surface area (Å²) >= 11 is 5.45. The second-order valence-corrected chi connectivity index (χ2v) is 6.99. The zero-order valence-electron chi connectivity index (χ0n) is 15.7. The first-order valence-corrected chi connectivity index (χ1v) is 9.89. The number of hydrogen-bond donors (Lipinski definition) is 2. The van der Waals surface area contributed by atoms with Gasteiger partial charge in [-0.15, -0.1) is 0 Å². The van der Waals surface area contributed by atoms with Gasteiger partial charge in [-0.2, -0.15) is 0 Å². The van der Waals surface area contributed by atoms with Crippen molar-refractivity contribution in [3.8, 4) is 11.5 Å². The molecule has 8 heteroatoms. The molecule has 1 fully saturated rings. The Morgan fingerprint density at radius 1 is 1.30 bits per heavy atom. The number of nitrogens with one attached hydrogen (secondary N) is 2. The van der Waals surface area contributed by atoms with Crippen molar-refractivity contribution >= 4 is 28.9 Å². The maximum absolute atomic E-state index is 12.6. The molecular formula is C19H27N3O4S. The fourth-order valence-corrected chi connectivity index (χ4v) is 3.47. The molecule has 2 aliphatic heterocycles. The number of thiocarbonyl (C=S) groups is 1. The summed E-state index contributed by atoms with van der Waals surface area (Å²) < 4.78 is 16.0. The van der Waals surface area contributed by atoms with E-state index in [0.717, 1.165) is 62.9 Å². The highest BCUT2D eigenvalue weighted by atomic mass is 32.1. The monoisotopic (exact) mass is 393 g/mol. The zero-order valence-corrected chi connectivity index (χ0v) is 16.5. The van der Waals surface area contributed by atoms with Gasteiger partial charge in [-0.05, 0) is 50.5 Å². The van der Waals surface area contributed by atoms with E-state index in [1.54, 1.807) is 6.07 Å². The SMILES string of the molecule is CCOCCCNC(=S)N1CCC(C(=O)Nc2ccc3c(c2)OCO3)CC1. The second kappa shape index (κ2) is 9.75. The normalized spacial score (nSPS) is 16.3. The number of ether oxygens (including phenoxy) is 3. The van der Waals surface area contributed by atoms with Gasteiger partial charge in [-0.3, -0.25) is 4.79 Å². The van der Waals surface area contributed by atoms with Gasteiger partial charge in [0.15, 0.2) is 16.6 Å². The van der Waals surface area contributed by atoms with Gasteiger partial charge in [0, 0.05) is 50.5 Å². The van der Waals surface area contributed by atoms with Gasteiger partial charge in [0.25, 0.3) is 0 Å². The number of carbonyl (C=O) groups excluding carboxylic acids is 1. The van der Waals surface area contributed by atoms with Crippen LogP contribution < -0.4 is 20.1 Å². The third-order valence-corrected chi connectivity index (χ3v) is 5.14. The van der Waals surface area contributed by atoms with Crippen molar-refractivity contribution < 1.29 is 19.0 Å². The summed E-state index contributed by atoms with van der Waals surface area (Å²) in [4.78, 5) is 14.7. The Morgan fingerprint density at radius 3 is 2.85 bits per heavy atom. The van der Waals surface area contributed by atoms with Crippen molar-refractivity contribution in [2.24, 2.45) is 5.92 Å². The number of hydrogen-bond acceptors (Lipinski definition) is 5. The van der Waals surface area contributed by atoms with Gasteiger partial charge >= 0.3 is 0 Å². The lowest BCUT2D eigenvalue weighted by molar-refractivity contribution is -0.120. The molecule has 27 heavy (non-hydrogen) atoms. The zero-order chi connectivity index (χ0) is 19.1. The van der Waals surface area contributed by atoms with E-state index < -0.39 is 0 Å². The molecule has 0 aromatic heterocycles. The fourth-order valence-electron chi connectivity index (χ4n) is 3.19. The van der Waals surface area contributed by atoms with Crippen LogP contribution in [0.15, 0.2) is 18.2 Å². The van der Waals surface area contributed by atoms with Gasteiger partial charge in [-0.1, -0.05) is 0 Å². The van der Waals surface area contributed by atoms with E-state index in [1.165, 1.54) is 0 Å². The Balaban J connectivity index is 1.39. The maximum Gasteiger partial charge on any atom is 0.231 e. The first-order valence-electron chi connectivity index (χ1n) is 9.48. The number of anilines is 1. The second-order valence-electron chi connectivity index (χ2n) is 6.60. The van der Waals surface area contributed by atoms with Crippen molar-refractivity contribution in [1.29, 1.82) is 0 Å². The number of likely N-dealkylation sites (tertiary alicyclic amines) is 1. The minimum atomic E-state index is -0.00701. The van der Waals surface area contributed by atoms with Crippen LogP contribution in [0.25, 0.3) is 0 Å². The van der Waals surface area contributed by atoms with Crippen LogP contribution in [0.5, 0.6) is 11.5 Å². The molecule has 0 radical (unpaired) electrons. The van der Waals surface area contributed by atoms with Crippen LogP contribution in [0.2, 0.25) is 0 Å². The van der Waals surface area contributed by atoms with Crippen LogP contribution in [0.1, 0.15) is 26.2 Å². The molecular weight excluding hydrogens is 366 g/mol. The van der Waals surface area contributed by atoms with Crippen LogP contribution in [-0.2, 0) is 9.53 Å². The van der Waals surface area contributed by atoms with Gasteiger partial charge in [0.05, 0.1) is 0 Å². The summed E-state index contributed by atoms with van der Waals surface area (Å²) in [5, 5.41) is 7.02. The molecule has 1 aromatic carbocycles. The number of benzene rings is 1. The summed E-state index contributed by atoms with van der Waals surface area (Å²) in [5.74, 6) is 1.42. The molecule has 0 unspecified atom stereocenters. The van der Waals surface area contributed by atoms with Gasteiger partial charge in [0.1, 0.15) is 0 Å². The van der Waals surface area contributed by atoms with Crippen molar-refractivity contribution in [1.82, 2.24) is 10.2 Å². The number of carbonyl (C=O) groups is 1. The Morgan fingerprint density at radius 2 is 2.07 bits per heavy atom. The molecule has 2 heterocycles. The molecule has 7 nitrogen and oxygen atoms in total. The van der Waals surface area contributed by atoms with Crippen LogP contribution >= 0.6 is 12.2 Å². The molecule has 0 bridgehead atoms. The van der Waals surface area contributed by atoms with Crippen LogP contribution in [-0.4, -0.2) is 55.6 Å². The average Bonchev–Trinajstić information content (AvgIpc) is 3.15. The number of amides is 1. The van der Waals surface area contributed by atoms with E-state index in [9.17, 15) is 4.79 Å². The summed E-state index contributed by atoms with van der Waals surface area (Å²) in [6.07, 6.45) is 2.51. The summed E-state index contributed by atoms with van der Waals surface area (Å²) in [7, 11) is 0. The van der Waals surface area contributed by atoms with E-state index in [2.05, 4.69) is 15.5 Å². The van der Waals surface area contributed by atoms with Crippen molar-refractivity contribution in [2.75, 3.05) is 45.0 Å². The average molecular weight is 394 g/mol. The topological polar surface area (TPSA) is 72.1 Å². The van der Waals surface area contributed by atoms with Gasteiger partial charge in [0.2, 0.25) is 12.7 Å². The molecule has 3 rings (SSSR count). The highest BCUT2D eigenvalue weighted by molar-refractivity contribution is 7.80. The Bertz CT molecular complexity index is 662. The lowest BCUT2D eigenvalue weighted by Gasteiger charge is -2.33.